The standard InChI is InChI=1S/C19H27N3O3/c23-19(15-3-1-2-4-15)20-11-17-18-16(7-10-25-17)13-22(21-18)12-14-5-8-24-9-6-14/h1-2,13-15,17H,3-12H2,(H,20,23)/t17-/m1/s1. The Morgan fingerprint density at radius 1 is 1.24 bits per heavy atom. The Morgan fingerprint density at radius 3 is 2.84 bits per heavy atom. The quantitative estimate of drug-likeness (QED) is 0.829. The molecule has 3 heterocycles. The van der Waals surface area contributed by atoms with E-state index in [1.165, 1.54) is 5.56 Å². The highest BCUT2D eigenvalue weighted by atomic mass is 16.5. The molecule has 6 heteroatoms. The minimum absolute atomic E-state index is 0.0918. The third-order valence-electron chi connectivity index (χ3n) is 5.49. The van der Waals surface area contributed by atoms with E-state index in [1.54, 1.807) is 0 Å². The number of carbonyl (C=O) groups is 1. The van der Waals surface area contributed by atoms with Crippen molar-refractivity contribution in [2.45, 2.75) is 44.8 Å². The fourth-order valence-electron chi connectivity index (χ4n) is 3.94. The van der Waals surface area contributed by atoms with Gasteiger partial charge in [-0.25, -0.2) is 0 Å². The number of amides is 1. The first-order valence-electron chi connectivity index (χ1n) is 9.48. The molecule has 0 bridgehead atoms. The number of nitrogens with one attached hydrogen (secondary N) is 1. The van der Waals surface area contributed by atoms with Crippen molar-refractivity contribution in [3.8, 4) is 0 Å². The maximum absolute atomic E-state index is 12.2. The molecule has 1 fully saturated rings. The number of aromatic nitrogens is 2. The number of fused-ring (bicyclic) bond motifs is 1. The normalized spacial score (nSPS) is 24.4. The van der Waals surface area contributed by atoms with E-state index in [0.29, 0.717) is 19.1 Å². The van der Waals surface area contributed by atoms with E-state index in [1.807, 2.05) is 0 Å². The van der Waals surface area contributed by atoms with Crippen molar-refractivity contribution in [3.05, 3.63) is 29.6 Å². The Hall–Kier alpha value is -1.66. The van der Waals surface area contributed by atoms with Crippen molar-refractivity contribution in [2.24, 2.45) is 11.8 Å². The van der Waals surface area contributed by atoms with E-state index in [2.05, 4.69) is 28.3 Å². The molecule has 1 saturated heterocycles. The molecule has 3 aliphatic rings. The zero-order chi connectivity index (χ0) is 17.1. The second-order valence-electron chi connectivity index (χ2n) is 7.31. The summed E-state index contributed by atoms with van der Waals surface area (Å²) in [7, 11) is 0. The molecule has 1 amide bonds. The lowest BCUT2D eigenvalue weighted by molar-refractivity contribution is -0.125. The molecule has 0 saturated carbocycles. The van der Waals surface area contributed by atoms with E-state index in [4.69, 9.17) is 14.6 Å². The van der Waals surface area contributed by atoms with Gasteiger partial charge < -0.3 is 14.8 Å². The molecule has 1 aromatic rings. The van der Waals surface area contributed by atoms with Gasteiger partial charge in [-0.15, -0.1) is 0 Å². The average molecular weight is 345 g/mol. The first kappa shape index (κ1) is 16.8. The molecule has 1 atom stereocenters. The Morgan fingerprint density at radius 2 is 2.04 bits per heavy atom. The van der Waals surface area contributed by atoms with Crippen molar-refractivity contribution >= 4 is 5.91 Å². The summed E-state index contributed by atoms with van der Waals surface area (Å²) in [5.41, 5.74) is 2.27. The first-order valence-corrected chi connectivity index (χ1v) is 9.48. The minimum atomic E-state index is -0.127. The van der Waals surface area contributed by atoms with Gasteiger partial charge in [-0.2, -0.15) is 5.10 Å². The van der Waals surface area contributed by atoms with Crippen LogP contribution in [-0.2, 0) is 27.2 Å². The van der Waals surface area contributed by atoms with Gasteiger partial charge in [0, 0.05) is 38.4 Å². The number of hydrogen-bond acceptors (Lipinski definition) is 4. The van der Waals surface area contributed by atoms with Gasteiger partial charge in [0.25, 0.3) is 0 Å². The van der Waals surface area contributed by atoms with Crippen LogP contribution in [0.25, 0.3) is 0 Å². The lowest BCUT2D eigenvalue weighted by atomic mass is 10.0. The summed E-state index contributed by atoms with van der Waals surface area (Å²) < 4.78 is 13.4. The third kappa shape index (κ3) is 3.96. The molecular weight excluding hydrogens is 318 g/mol. The van der Waals surface area contributed by atoms with E-state index in [0.717, 1.165) is 57.6 Å². The summed E-state index contributed by atoms with van der Waals surface area (Å²) >= 11 is 0. The second-order valence-corrected chi connectivity index (χ2v) is 7.31. The fraction of sp³-hybridized carbons (Fsp3) is 0.684. The van der Waals surface area contributed by atoms with Crippen LogP contribution in [0.2, 0.25) is 0 Å². The van der Waals surface area contributed by atoms with Crippen LogP contribution in [0.3, 0.4) is 0 Å². The number of carbonyl (C=O) groups excluding carboxylic acids is 1. The lowest BCUT2D eigenvalue weighted by Crippen LogP contribution is -2.35. The molecule has 0 aromatic carbocycles. The molecule has 0 radical (unpaired) electrons. The van der Waals surface area contributed by atoms with Gasteiger partial charge in [0.05, 0.1) is 12.3 Å². The predicted octanol–water partition coefficient (Wildman–Crippen LogP) is 2.01. The summed E-state index contributed by atoms with van der Waals surface area (Å²) in [4.78, 5) is 12.2. The maximum Gasteiger partial charge on any atom is 0.223 e. The molecule has 1 N–H and O–H groups in total. The zero-order valence-electron chi connectivity index (χ0n) is 14.7. The second kappa shape index (κ2) is 7.70. The highest BCUT2D eigenvalue weighted by molar-refractivity contribution is 5.79. The van der Waals surface area contributed by atoms with Crippen LogP contribution in [-0.4, -0.2) is 42.1 Å². The Balaban J connectivity index is 1.36. The van der Waals surface area contributed by atoms with E-state index in [-0.39, 0.29) is 17.9 Å². The molecule has 1 aliphatic carbocycles. The largest absolute Gasteiger partial charge is 0.381 e. The number of allylic oxidation sites excluding steroid dienone is 2. The van der Waals surface area contributed by atoms with Gasteiger partial charge in [-0.05, 0) is 43.6 Å². The van der Waals surface area contributed by atoms with Crippen LogP contribution < -0.4 is 5.32 Å². The summed E-state index contributed by atoms with van der Waals surface area (Å²) in [6.07, 6.45) is 11.0. The predicted molar refractivity (Wildman–Crippen MR) is 93.0 cm³/mol. The van der Waals surface area contributed by atoms with Gasteiger partial charge in [-0.3, -0.25) is 9.48 Å². The molecule has 1 aromatic heterocycles. The van der Waals surface area contributed by atoms with Crippen molar-refractivity contribution in [1.29, 1.82) is 0 Å². The van der Waals surface area contributed by atoms with Crippen LogP contribution >= 0.6 is 0 Å². The van der Waals surface area contributed by atoms with Gasteiger partial charge in [0.15, 0.2) is 0 Å². The zero-order valence-corrected chi connectivity index (χ0v) is 14.7. The molecular formula is C19H27N3O3. The van der Waals surface area contributed by atoms with Crippen LogP contribution in [0, 0.1) is 11.8 Å². The topological polar surface area (TPSA) is 65.4 Å². The van der Waals surface area contributed by atoms with Crippen molar-refractivity contribution < 1.29 is 14.3 Å². The van der Waals surface area contributed by atoms with Crippen molar-refractivity contribution in [3.63, 3.8) is 0 Å². The van der Waals surface area contributed by atoms with E-state index >= 15 is 0 Å². The van der Waals surface area contributed by atoms with Crippen molar-refractivity contribution in [2.75, 3.05) is 26.4 Å². The summed E-state index contributed by atoms with van der Waals surface area (Å²) in [6, 6.07) is 0. The number of ether oxygens (including phenoxy) is 2. The fourth-order valence-corrected chi connectivity index (χ4v) is 3.94. The van der Waals surface area contributed by atoms with Gasteiger partial charge >= 0.3 is 0 Å². The van der Waals surface area contributed by atoms with Crippen LogP contribution in [0.5, 0.6) is 0 Å². The van der Waals surface area contributed by atoms with Gasteiger partial charge in [0.2, 0.25) is 5.91 Å². The molecule has 0 spiro atoms. The highest BCUT2D eigenvalue weighted by Crippen LogP contribution is 2.27. The first-order chi connectivity index (χ1) is 12.3. The maximum atomic E-state index is 12.2. The number of hydrogen-bond donors (Lipinski definition) is 1. The Bertz CT molecular complexity index is 626. The van der Waals surface area contributed by atoms with Crippen molar-refractivity contribution in [1.82, 2.24) is 15.1 Å². The van der Waals surface area contributed by atoms with Gasteiger partial charge in [0.1, 0.15) is 6.10 Å². The monoisotopic (exact) mass is 345 g/mol. The van der Waals surface area contributed by atoms with Gasteiger partial charge in [-0.1, -0.05) is 12.2 Å². The minimum Gasteiger partial charge on any atom is -0.381 e. The van der Waals surface area contributed by atoms with Crippen LogP contribution in [0.15, 0.2) is 18.3 Å². The molecule has 4 rings (SSSR count). The lowest BCUT2D eigenvalue weighted by Gasteiger charge is -2.23. The summed E-state index contributed by atoms with van der Waals surface area (Å²) in [5, 5.41) is 7.85. The molecule has 2 aliphatic heterocycles. The van der Waals surface area contributed by atoms with Crippen LogP contribution in [0.1, 0.15) is 43.0 Å². The molecule has 6 nitrogen and oxygen atoms in total. The number of rotatable bonds is 5. The smallest absolute Gasteiger partial charge is 0.223 e. The average Bonchev–Trinajstić information content (AvgIpc) is 3.30. The Labute approximate surface area is 148 Å². The van der Waals surface area contributed by atoms with Crippen LogP contribution in [0.4, 0.5) is 0 Å². The SMILES string of the molecule is O=C(NC[C@H]1OCCc2cn(CC3CCOCC3)nc21)C1CC=CC1. The summed E-state index contributed by atoms with van der Waals surface area (Å²) in [5.74, 6) is 0.862. The molecule has 25 heavy (non-hydrogen) atoms. The van der Waals surface area contributed by atoms with E-state index < -0.39 is 0 Å². The third-order valence-corrected chi connectivity index (χ3v) is 5.49. The highest BCUT2D eigenvalue weighted by Gasteiger charge is 2.27. The number of nitrogens with zero attached hydrogens (tertiary/aromatic N) is 2. The Kier molecular flexibility index (Phi) is 5.17. The van der Waals surface area contributed by atoms with E-state index in [9.17, 15) is 4.79 Å². The molecule has 136 valence electrons. The summed E-state index contributed by atoms with van der Waals surface area (Å²) in [6.45, 7) is 3.88. The molecule has 0 unspecified atom stereocenters.